The van der Waals surface area contributed by atoms with E-state index in [4.69, 9.17) is 25.9 Å². The molecule has 4 heterocycles. The van der Waals surface area contributed by atoms with Crippen LogP contribution >= 0.6 is 22.9 Å². The van der Waals surface area contributed by atoms with Crippen LogP contribution in [0.4, 0.5) is 10.5 Å². The molecule has 15 heteroatoms. The lowest BCUT2D eigenvalue weighted by Crippen LogP contribution is -2.57. The fraction of sp³-hybridized carbons (Fsp3) is 0.438. The van der Waals surface area contributed by atoms with Crippen molar-refractivity contribution in [2.45, 2.75) is 35.6 Å². The Hall–Kier alpha value is -3.40. The second-order valence-corrected chi connectivity index (χ2v) is 15.4. The maximum Gasteiger partial charge on any atom is 0.427 e. The highest BCUT2D eigenvalue weighted by atomic mass is 35.5. The molecule has 0 saturated carbocycles. The van der Waals surface area contributed by atoms with Crippen LogP contribution in [0.3, 0.4) is 0 Å². The van der Waals surface area contributed by atoms with E-state index in [-0.39, 0.29) is 32.0 Å². The molecule has 3 aromatic rings. The third-order valence-electron chi connectivity index (χ3n) is 8.95. The van der Waals surface area contributed by atoms with Crippen LogP contribution in [-0.4, -0.2) is 101 Å². The zero-order chi connectivity index (χ0) is 33.3. The number of ether oxygens (including phenoxy) is 2. The number of benzene rings is 2. The van der Waals surface area contributed by atoms with Gasteiger partial charge in [0.15, 0.2) is 5.54 Å². The highest BCUT2D eigenvalue weighted by molar-refractivity contribution is 7.95. The predicted octanol–water partition coefficient (Wildman–Crippen LogP) is 4.14. The van der Waals surface area contributed by atoms with Gasteiger partial charge in [-0.3, -0.25) is 15.0 Å². The molecule has 0 radical (unpaired) electrons. The number of fused-ring (bicyclic) bond motifs is 1. The van der Waals surface area contributed by atoms with Crippen molar-refractivity contribution in [1.29, 1.82) is 0 Å². The lowest BCUT2D eigenvalue weighted by molar-refractivity contribution is -0.133. The van der Waals surface area contributed by atoms with Gasteiger partial charge in [-0.15, -0.1) is 16.4 Å². The quantitative estimate of drug-likeness (QED) is 0.348. The Morgan fingerprint density at radius 1 is 1.02 bits per heavy atom. The van der Waals surface area contributed by atoms with E-state index < -0.39 is 27.6 Å². The molecule has 0 spiro atoms. The summed E-state index contributed by atoms with van der Waals surface area (Å²) in [6, 6.07) is 14.6. The number of para-hydroxylation sites is 1. The number of halogens is 1. The normalized spacial score (nSPS) is 21.4. The van der Waals surface area contributed by atoms with E-state index in [0.29, 0.717) is 34.9 Å². The fourth-order valence-corrected chi connectivity index (χ4v) is 9.60. The van der Waals surface area contributed by atoms with Crippen LogP contribution in [-0.2, 0) is 25.2 Å². The van der Waals surface area contributed by atoms with Crippen molar-refractivity contribution in [2.75, 3.05) is 64.3 Å². The second-order valence-electron chi connectivity index (χ2n) is 11.7. The Kier molecular flexibility index (Phi) is 9.70. The molecule has 1 atom stereocenters. The molecule has 0 aliphatic carbocycles. The Morgan fingerprint density at radius 3 is 2.40 bits per heavy atom. The summed E-state index contributed by atoms with van der Waals surface area (Å²) in [5.74, 6) is -0.280. The molecule has 2 fully saturated rings. The van der Waals surface area contributed by atoms with Gasteiger partial charge in [-0.1, -0.05) is 29.8 Å². The van der Waals surface area contributed by atoms with Crippen LogP contribution in [0.25, 0.3) is 0 Å². The van der Waals surface area contributed by atoms with Gasteiger partial charge in [0.25, 0.3) is 15.9 Å². The number of amides is 2. The number of nitrogens with one attached hydrogen (secondary N) is 1. The first-order valence-electron chi connectivity index (χ1n) is 15.5. The largest absolute Gasteiger partial charge is 0.497 e. The maximum absolute atomic E-state index is 14.9. The Balaban J connectivity index is 1.37. The molecular formula is C32H38ClN5O7S2. The zero-order valence-electron chi connectivity index (χ0n) is 26.5. The zero-order valence-corrected chi connectivity index (χ0v) is 28.9. The van der Waals surface area contributed by atoms with Crippen LogP contribution in [0.5, 0.6) is 11.5 Å². The van der Waals surface area contributed by atoms with Crippen molar-refractivity contribution in [3.05, 3.63) is 70.1 Å². The standard InChI is InChI=1S/C32H38ClN5O7S2/c1-4-44-27-8-6-5-7-24(27)32(34-31(40)45-37-19-17-36(18-20-37)22-13-15-35(2)16-14-22)25-21-23(43-3)9-10-26(25)38(30(32)39)47(41,42)29-12-11-28(33)46-29/h5-12,21-22H,4,13-20H2,1-3H3,(H,34,40). The molecule has 12 nitrogen and oxygen atoms in total. The van der Waals surface area contributed by atoms with Crippen molar-refractivity contribution in [3.63, 3.8) is 0 Å². The number of carbonyl (C=O) groups is 2. The molecule has 1 N–H and O–H groups in total. The number of piperidine rings is 1. The smallest absolute Gasteiger partial charge is 0.427 e. The lowest BCUT2D eigenvalue weighted by Gasteiger charge is -2.41. The third kappa shape index (κ3) is 6.30. The highest BCUT2D eigenvalue weighted by Gasteiger charge is 2.59. The summed E-state index contributed by atoms with van der Waals surface area (Å²) in [6.45, 7) is 6.60. The summed E-state index contributed by atoms with van der Waals surface area (Å²) < 4.78 is 40.5. The van der Waals surface area contributed by atoms with Gasteiger partial charge in [0.2, 0.25) is 0 Å². The van der Waals surface area contributed by atoms with Gasteiger partial charge >= 0.3 is 6.09 Å². The molecule has 3 aliphatic heterocycles. The van der Waals surface area contributed by atoms with E-state index in [1.54, 1.807) is 48.4 Å². The predicted molar refractivity (Wildman–Crippen MR) is 179 cm³/mol. The van der Waals surface area contributed by atoms with E-state index in [0.717, 1.165) is 50.4 Å². The Morgan fingerprint density at radius 2 is 1.74 bits per heavy atom. The van der Waals surface area contributed by atoms with Crippen LogP contribution in [0.2, 0.25) is 4.34 Å². The molecule has 2 aromatic carbocycles. The molecule has 1 unspecified atom stereocenters. The minimum atomic E-state index is -4.46. The van der Waals surface area contributed by atoms with Gasteiger partial charge in [0, 0.05) is 43.3 Å². The summed E-state index contributed by atoms with van der Waals surface area (Å²) in [7, 11) is -0.866. The van der Waals surface area contributed by atoms with Crippen molar-refractivity contribution in [3.8, 4) is 11.5 Å². The maximum atomic E-state index is 14.9. The number of thiophene rings is 1. The second kappa shape index (κ2) is 13.6. The fourth-order valence-electron chi connectivity index (χ4n) is 6.58. The average molecular weight is 704 g/mol. The van der Waals surface area contributed by atoms with E-state index >= 15 is 0 Å². The minimum Gasteiger partial charge on any atom is -0.497 e. The Labute approximate surface area is 283 Å². The summed E-state index contributed by atoms with van der Waals surface area (Å²) in [6.07, 6.45) is 1.29. The molecule has 2 amide bonds. The number of sulfonamides is 1. The molecule has 1 aromatic heterocycles. The van der Waals surface area contributed by atoms with Gasteiger partial charge in [-0.2, -0.15) is 12.7 Å². The van der Waals surface area contributed by atoms with Gasteiger partial charge < -0.3 is 19.2 Å². The molecule has 2 saturated heterocycles. The number of hydrogen-bond acceptors (Lipinski definition) is 11. The molecule has 3 aliphatic rings. The van der Waals surface area contributed by atoms with Crippen molar-refractivity contribution >= 4 is 50.6 Å². The number of piperazine rings is 1. The van der Waals surface area contributed by atoms with E-state index in [1.165, 1.54) is 25.3 Å². The summed E-state index contributed by atoms with van der Waals surface area (Å²) in [5, 5.41) is 4.39. The van der Waals surface area contributed by atoms with E-state index in [2.05, 4.69) is 22.2 Å². The molecule has 0 bridgehead atoms. The number of hydrogen-bond donors (Lipinski definition) is 1. The molecule has 47 heavy (non-hydrogen) atoms. The highest BCUT2D eigenvalue weighted by Crippen LogP contribution is 2.50. The van der Waals surface area contributed by atoms with Crippen LogP contribution in [0.15, 0.2) is 58.8 Å². The number of methoxy groups -OCH3 is 1. The average Bonchev–Trinajstić information content (AvgIpc) is 3.62. The number of nitrogens with zero attached hydrogens (tertiary/aromatic N) is 4. The summed E-state index contributed by atoms with van der Waals surface area (Å²) >= 11 is 6.94. The first kappa shape index (κ1) is 33.5. The van der Waals surface area contributed by atoms with Gasteiger partial charge in [-0.25, -0.2) is 4.79 Å². The summed E-state index contributed by atoms with van der Waals surface area (Å²) in [5.41, 5.74) is -1.58. The monoisotopic (exact) mass is 703 g/mol. The Bertz CT molecular complexity index is 1740. The SMILES string of the molecule is CCOc1ccccc1C1(NC(=O)ON2CCN(C3CCN(C)CC3)CC2)C(=O)N(S(=O)(=O)c2ccc(Cl)s2)c2ccc(OC)cc21. The van der Waals surface area contributed by atoms with Crippen LogP contribution in [0, 0.1) is 0 Å². The number of likely N-dealkylation sites (tertiary alicyclic amines) is 1. The van der Waals surface area contributed by atoms with E-state index in [1.807, 2.05) is 0 Å². The number of carbonyl (C=O) groups excluding carboxylic acids is 2. The first-order valence-corrected chi connectivity index (χ1v) is 18.2. The minimum absolute atomic E-state index is 0.0543. The molecule has 252 valence electrons. The van der Waals surface area contributed by atoms with E-state index in [9.17, 15) is 18.0 Å². The lowest BCUT2D eigenvalue weighted by atomic mass is 9.83. The van der Waals surface area contributed by atoms with Gasteiger partial charge in [0.05, 0.1) is 23.7 Å². The number of hydroxylamine groups is 2. The van der Waals surface area contributed by atoms with Gasteiger partial charge in [0.1, 0.15) is 15.7 Å². The third-order valence-corrected chi connectivity index (χ3v) is 12.3. The first-order chi connectivity index (χ1) is 22.6. The topological polar surface area (TPSA) is 121 Å². The van der Waals surface area contributed by atoms with Crippen molar-refractivity contribution in [1.82, 2.24) is 20.2 Å². The van der Waals surface area contributed by atoms with Crippen LogP contribution < -0.4 is 19.1 Å². The van der Waals surface area contributed by atoms with Crippen LogP contribution in [0.1, 0.15) is 30.9 Å². The number of rotatable bonds is 9. The number of anilines is 1. The van der Waals surface area contributed by atoms with Crippen molar-refractivity contribution < 1.29 is 32.3 Å². The van der Waals surface area contributed by atoms with Crippen molar-refractivity contribution in [2.24, 2.45) is 0 Å². The molecular weight excluding hydrogens is 666 g/mol. The van der Waals surface area contributed by atoms with Gasteiger partial charge in [-0.05, 0) is 76.3 Å². The molecule has 6 rings (SSSR count). The summed E-state index contributed by atoms with van der Waals surface area (Å²) in [4.78, 5) is 39.3.